The molecule has 2 aliphatic rings. The molecule has 7 heteroatoms. The summed E-state index contributed by atoms with van der Waals surface area (Å²) in [6.45, 7) is 10.1. The average molecular weight is 377 g/mol. The molecule has 0 bridgehead atoms. The average Bonchev–Trinajstić information content (AvgIpc) is 2.94. The maximum atomic E-state index is 13.0. The molecule has 3 heterocycles. The third-order valence-electron chi connectivity index (χ3n) is 5.64. The number of piperidine rings is 1. The zero-order chi connectivity index (χ0) is 19.4. The van der Waals surface area contributed by atoms with Crippen molar-refractivity contribution in [1.29, 1.82) is 0 Å². The number of carbonyl (C=O) groups excluding carboxylic acids is 2. The van der Waals surface area contributed by atoms with Crippen molar-refractivity contribution in [2.75, 3.05) is 32.8 Å². The molecule has 1 aromatic rings. The Balaban J connectivity index is 1.65. The first-order valence-corrected chi connectivity index (χ1v) is 10.2. The van der Waals surface area contributed by atoms with E-state index in [1.54, 1.807) is 0 Å². The topological polar surface area (TPSA) is 67.7 Å². The summed E-state index contributed by atoms with van der Waals surface area (Å²) in [6, 6.07) is 0. The maximum absolute atomic E-state index is 13.0. The molecule has 7 nitrogen and oxygen atoms in total. The van der Waals surface area contributed by atoms with Gasteiger partial charge in [0.15, 0.2) is 0 Å². The minimum absolute atomic E-state index is 0.0554. The summed E-state index contributed by atoms with van der Waals surface area (Å²) in [6.07, 6.45) is 5.82. The molecular weight excluding hydrogens is 344 g/mol. The smallest absolute Gasteiger partial charge is 0.257 e. The number of hydrogen-bond donors (Lipinski definition) is 0. The van der Waals surface area contributed by atoms with Crippen LogP contribution in [0.3, 0.4) is 0 Å². The van der Waals surface area contributed by atoms with Crippen LogP contribution in [0.5, 0.6) is 0 Å². The first kappa shape index (κ1) is 19.9. The van der Waals surface area contributed by atoms with Crippen LogP contribution in [0.2, 0.25) is 0 Å². The van der Waals surface area contributed by atoms with Crippen molar-refractivity contribution in [1.82, 2.24) is 19.6 Å². The van der Waals surface area contributed by atoms with Gasteiger partial charge >= 0.3 is 0 Å². The highest BCUT2D eigenvalue weighted by Crippen LogP contribution is 2.31. The third kappa shape index (κ3) is 4.34. The van der Waals surface area contributed by atoms with E-state index in [0.717, 1.165) is 44.5 Å². The molecule has 0 aliphatic carbocycles. The van der Waals surface area contributed by atoms with Gasteiger partial charge in [0.05, 0.1) is 29.9 Å². The summed E-state index contributed by atoms with van der Waals surface area (Å²) in [5.41, 5.74) is 1.18. The van der Waals surface area contributed by atoms with Crippen molar-refractivity contribution in [2.24, 2.45) is 0 Å². The van der Waals surface area contributed by atoms with Gasteiger partial charge in [0.25, 0.3) is 5.91 Å². The summed E-state index contributed by atoms with van der Waals surface area (Å²) in [5, 5.41) is 4.45. The van der Waals surface area contributed by atoms with Crippen LogP contribution >= 0.6 is 0 Å². The Labute approximate surface area is 161 Å². The molecule has 2 aliphatic heterocycles. The predicted molar refractivity (Wildman–Crippen MR) is 103 cm³/mol. The minimum Gasteiger partial charge on any atom is -0.372 e. The van der Waals surface area contributed by atoms with Gasteiger partial charge in [0.1, 0.15) is 0 Å². The summed E-state index contributed by atoms with van der Waals surface area (Å²) < 4.78 is 8.01. The number of rotatable bonds is 5. The van der Waals surface area contributed by atoms with Gasteiger partial charge < -0.3 is 14.5 Å². The van der Waals surface area contributed by atoms with Gasteiger partial charge in [-0.25, -0.2) is 0 Å². The van der Waals surface area contributed by atoms with Crippen molar-refractivity contribution in [3.8, 4) is 0 Å². The van der Waals surface area contributed by atoms with E-state index in [2.05, 4.69) is 18.9 Å². The van der Waals surface area contributed by atoms with Crippen molar-refractivity contribution in [2.45, 2.75) is 65.0 Å². The van der Waals surface area contributed by atoms with E-state index < -0.39 is 0 Å². The second-order valence-electron chi connectivity index (χ2n) is 7.78. The Morgan fingerprint density at radius 2 is 1.93 bits per heavy atom. The van der Waals surface area contributed by atoms with Crippen molar-refractivity contribution >= 4 is 11.8 Å². The van der Waals surface area contributed by atoms with Crippen LogP contribution in [-0.2, 0) is 16.1 Å². The van der Waals surface area contributed by atoms with E-state index in [0.29, 0.717) is 38.2 Å². The van der Waals surface area contributed by atoms with Gasteiger partial charge in [-0.05, 0) is 32.6 Å². The van der Waals surface area contributed by atoms with Crippen LogP contribution in [0.1, 0.15) is 62.0 Å². The minimum atomic E-state index is -0.306. The van der Waals surface area contributed by atoms with E-state index in [1.807, 2.05) is 27.6 Å². The second kappa shape index (κ2) is 8.42. The van der Waals surface area contributed by atoms with Crippen LogP contribution in [0.4, 0.5) is 0 Å². The van der Waals surface area contributed by atoms with Crippen LogP contribution in [0.15, 0.2) is 6.20 Å². The van der Waals surface area contributed by atoms with E-state index in [1.165, 1.54) is 0 Å². The lowest BCUT2D eigenvalue weighted by Crippen LogP contribution is -2.53. The van der Waals surface area contributed by atoms with Gasteiger partial charge in [0, 0.05) is 38.9 Å². The third-order valence-corrected chi connectivity index (χ3v) is 5.64. The van der Waals surface area contributed by atoms with Gasteiger partial charge in [0.2, 0.25) is 5.91 Å². The molecule has 27 heavy (non-hydrogen) atoms. The van der Waals surface area contributed by atoms with E-state index in [-0.39, 0.29) is 17.4 Å². The second-order valence-corrected chi connectivity index (χ2v) is 7.78. The molecule has 0 atom stereocenters. The zero-order valence-corrected chi connectivity index (χ0v) is 16.9. The molecule has 2 fully saturated rings. The summed E-state index contributed by atoms with van der Waals surface area (Å²) in [5.74, 6) is 0.242. The molecule has 2 saturated heterocycles. The van der Waals surface area contributed by atoms with Gasteiger partial charge in [-0.3, -0.25) is 14.3 Å². The van der Waals surface area contributed by atoms with Gasteiger partial charge in [-0.2, -0.15) is 5.10 Å². The Hall–Kier alpha value is -1.89. The highest BCUT2D eigenvalue weighted by molar-refractivity contribution is 5.95. The molecule has 3 rings (SSSR count). The first-order valence-electron chi connectivity index (χ1n) is 10.2. The van der Waals surface area contributed by atoms with Crippen LogP contribution in [0.25, 0.3) is 0 Å². The van der Waals surface area contributed by atoms with Gasteiger partial charge in [-0.15, -0.1) is 0 Å². The Morgan fingerprint density at radius 3 is 2.59 bits per heavy atom. The highest BCUT2D eigenvalue weighted by atomic mass is 16.5. The molecular formula is C20H32N4O3. The van der Waals surface area contributed by atoms with Crippen molar-refractivity contribution in [3.63, 3.8) is 0 Å². The molecule has 0 radical (unpaired) electrons. The summed E-state index contributed by atoms with van der Waals surface area (Å²) in [4.78, 5) is 29.1. The lowest BCUT2D eigenvalue weighted by atomic mass is 9.90. The number of nitrogens with zero attached hydrogens (tertiary/aromatic N) is 4. The van der Waals surface area contributed by atoms with Crippen molar-refractivity contribution < 1.29 is 14.3 Å². The number of hydrogen-bond acceptors (Lipinski definition) is 4. The number of likely N-dealkylation sites (tertiary alicyclic amines) is 1. The number of carbonyl (C=O) groups is 2. The normalized spacial score (nSPS) is 20.2. The monoisotopic (exact) mass is 376 g/mol. The fourth-order valence-electron chi connectivity index (χ4n) is 4.13. The van der Waals surface area contributed by atoms with E-state index >= 15 is 0 Å². The first-order chi connectivity index (χ1) is 13.0. The largest absolute Gasteiger partial charge is 0.372 e. The molecule has 2 amide bonds. The molecule has 0 aromatic carbocycles. The maximum Gasteiger partial charge on any atom is 0.257 e. The number of aromatic nitrogens is 2. The number of ether oxygens (including phenoxy) is 1. The quantitative estimate of drug-likeness (QED) is 0.790. The molecule has 0 N–H and O–H groups in total. The standard InChI is InChI=1S/C20H32N4O3/c1-4-9-23-15-20(27-13-6-18(23)25)7-11-22(12-8-20)19(26)17-14-24(10-5-2)21-16(17)3/h14H,4-13,15H2,1-3H3. The Bertz CT molecular complexity index is 677. The highest BCUT2D eigenvalue weighted by Gasteiger charge is 2.41. The summed E-state index contributed by atoms with van der Waals surface area (Å²) in [7, 11) is 0. The van der Waals surface area contributed by atoms with E-state index in [9.17, 15) is 9.59 Å². The fraction of sp³-hybridized carbons (Fsp3) is 0.750. The van der Waals surface area contributed by atoms with Crippen LogP contribution in [0, 0.1) is 6.92 Å². The Kier molecular flexibility index (Phi) is 6.19. The van der Waals surface area contributed by atoms with Gasteiger partial charge in [-0.1, -0.05) is 13.8 Å². The zero-order valence-electron chi connectivity index (χ0n) is 16.9. The number of amides is 2. The summed E-state index contributed by atoms with van der Waals surface area (Å²) >= 11 is 0. The molecule has 150 valence electrons. The SMILES string of the molecule is CCCN1CC2(CCN(C(=O)c3cn(CCC)nc3C)CC2)OCCC1=O. The lowest BCUT2D eigenvalue weighted by molar-refractivity contribution is -0.131. The molecule has 0 unspecified atom stereocenters. The lowest BCUT2D eigenvalue weighted by Gasteiger charge is -2.42. The fourth-order valence-corrected chi connectivity index (χ4v) is 4.13. The van der Waals surface area contributed by atoms with E-state index in [4.69, 9.17) is 4.74 Å². The van der Waals surface area contributed by atoms with Crippen LogP contribution in [-0.4, -0.2) is 69.8 Å². The molecule has 1 spiro atoms. The molecule has 0 saturated carbocycles. The Morgan fingerprint density at radius 1 is 1.22 bits per heavy atom. The number of aryl methyl sites for hydroxylation is 2. The molecule has 1 aromatic heterocycles. The predicted octanol–water partition coefficient (Wildman–Crippen LogP) is 2.24. The van der Waals surface area contributed by atoms with Crippen molar-refractivity contribution in [3.05, 3.63) is 17.5 Å². The van der Waals surface area contributed by atoms with Crippen LogP contribution < -0.4 is 0 Å².